The van der Waals surface area contributed by atoms with Gasteiger partial charge in [0.25, 0.3) is 0 Å². The van der Waals surface area contributed by atoms with E-state index in [4.69, 9.17) is 4.52 Å². The number of aryl methyl sites for hydroxylation is 2. The second kappa shape index (κ2) is 9.10. The molecule has 2 fully saturated rings. The first kappa shape index (κ1) is 22.0. The first-order chi connectivity index (χ1) is 14.8. The Morgan fingerprint density at radius 2 is 1.84 bits per heavy atom. The normalized spacial score (nSPS) is 21.4. The van der Waals surface area contributed by atoms with Crippen LogP contribution in [0.15, 0.2) is 39.8 Å². The maximum Gasteiger partial charge on any atom is 0.248 e. The highest BCUT2D eigenvalue weighted by molar-refractivity contribution is 7.89. The summed E-state index contributed by atoms with van der Waals surface area (Å²) in [5.41, 5.74) is 1.65. The highest BCUT2D eigenvalue weighted by Crippen LogP contribution is 2.28. The minimum Gasteiger partial charge on any atom is -0.360 e. The summed E-state index contributed by atoms with van der Waals surface area (Å²) in [4.78, 5) is 15.3. The standard InChI is InChI=1S/C22H30N4O4S/c1-16-21(17(2)30-24-16)31(28,29)26-12-8-19(9-13-26)22(27)23-20-10-11-25(15-20)14-18-6-4-3-5-7-18/h3-7,19-20H,8-15H2,1-2H3,(H,23,27)/t20-/m1/s1. The first-order valence-electron chi connectivity index (χ1n) is 10.8. The lowest BCUT2D eigenvalue weighted by Gasteiger charge is -2.31. The van der Waals surface area contributed by atoms with E-state index in [1.807, 2.05) is 18.2 Å². The average molecular weight is 447 g/mol. The Kier molecular flexibility index (Phi) is 6.45. The lowest BCUT2D eigenvalue weighted by atomic mass is 9.97. The van der Waals surface area contributed by atoms with Gasteiger partial charge in [-0.15, -0.1) is 0 Å². The highest BCUT2D eigenvalue weighted by atomic mass is 32.2. The molecule has 0 aliphatic carbocycles. The van der Waals surface area contributed by atoms with Crippen LogP contribution < -0.4 is 5.32 Å². The van der Waals surface area contributed by atoms with Gasteiger partial charge in [0.05, 0.1) is 0 Å². The lowest BCUT2D eigenvalue weighted by molar-refractivity contribution is -0.126. The summed E-state index contributed by atoms with van der Waals surface area (Å²) in [5.74, 6) is 0.193. The molecule has 2 saturated heterocycles. The Bertz CT molecular complexity index is 994. The molecule has 9 heteroatoms. The SMILES string of the molecule is Cc1noc(C)c1S(=O)(=O)N1CCC(C(=O)N[C@@H]2CCN(Cc3ccccc3)C2)CC1. The highest BCUT2D eigenvalue weighted by Gasteiger charge is 2.36. The van der Waals surface area contributed by atoms with E-state index < -0.39 is 10.0 Å². The summed E-state index contributed by atoms with van der Waals surface area (Å²) in [7, 11) is -3.65. The van der Waals surface area contributed by atoms with E-state index in [1.165, 1.54) is 9.87 Å². The number of carbonyl (C=O) groups is 1. The second-order valence-corrected chi connectivity index (χ2v) is 10.4. The van der Waals surface area contributed by atoms with Gasteiger partial charge in [-0.2, -0.15) is 4.31 Å². The summed E-state index contributed by atoms with van der Waals surface area (Å²) in [6, 6.07) is 10.5. The number of nitrogens with zero attached hydrogens (tertiary/aromatic N) is 3. The third-order valence-electron chi connectivity index (χ3n) is 6.26. The van der Waals surface area contributed by atoms with E-state index in [9.17, 15) is 13.2 Å². The summed E-state index contributed by atoms with van der Waals surface area (Å²) < 4.78 is 32.4. The molecule has 0 spiro atoms. The molecule has 2 aliphatic rings. The molecular weight excluding hydrogens is 416 g/mol. The number of piperidine rings is 1. The van der Waals surface area contributed by atoms with Gasteiger partial charge in [-0.05, 0) is 38.7 Å². The summed E-state index contributed by atoms with van der Waals surface area (Å²) >= 11 is 0. The number of rotatable bonds is 6. The van der Waals surface area contributed by atoms with Crippen molar-refractivity contribution in [3.05, 3.63) is 47.3 Å². The van der Waals surface area contributed by atoms with Gasteiger partial charge in [-0.3, -0.25) is 9.69 Å². The van der Waals surface area contributed by atoms with Crippen LogP contribution in [0.5, 0.6) is 0 Å². The maximum absolute atomic E-state index is 13.0. The molecule has 168 valence electrons. The molecule has 0 bridgehead atoms. The summed E-state index contributed by atoms with van der Waals surface area (Å²) in [6.45, 7) is 6.60. The number of aromatic nitrogens is 1. The molecule has 4 rings (SSSR count). The molecular formula is C22H30N4O4S. The Morgan fingerprint density at radius 3 is 2.48 bits per heavy atom. The van der Waals surface area contributed by atoms with Crippen molar-refractivity contribution in [1.82, 2.24) is 19.7 Å². The van der Waals surface area contributed by atoms with Crippen LogP contribution >= 0.6 is 0 Å². The molecule has 1 aromatic heterocycles. The zero-order chi connectivity index (χ0) is 22.0. The number of sulfonamides is 1. The minimum absolute atomic E-state index is 0.0425. The number of likely N-dealkylation sites (tertiary alicyclic amines) is 1. The van der Waals surface area contributed by atoms with Crippen molar-refractivity contribution in [2.24, 2.45) is 5.92 Å². The topological polar surface area (TPSA) is 95.8 Å². The predicted molar refractivity (Wildman–Crippen MR) is 116 cm³/mol. The van der Waals surface area contributed by atoms with Gasteiger partial charge in [0.1, 0.15) is 10.6 Å². The van der Waals surface area contributed by atoms with Crippen molar-refractivity contribution in [2.45, 2.75) is 50.6 Å². The lowest BCUT2D eigenvalue weighted by Crippen LogP contribution is -2.46. The number of amides is 1. The van der Waals surface area contributed by atoms with Crippen molar-refractivity contribution in [3.8, 4) is 0 Å². The Balaban J connectivity index is 1.27. The quantitative estimate of drug-likeness (QED) is 0.730. The Morgan fingerprint density at radius 1 is 1.13 bits per heavy atom. The summed E-state index contributed by atoms with van der Waals surface area (Å²) in [6.07, 6.45) is 1.99. The smallest absolute Gasteiger partial charge is 0.248 e. The van der Waals surface area contributed by atoms with Gasteiger partial charge in [0.15, 0.2) is 5.76 Å². The van der Waals surface area contributed by atoms with Crippen LogP contribution in [0.4, 0.5) is 0 Å². The van der Waals surface area contributed by atoms with Crippen LogP contribution in [0.2, 0.25) is 0 Å². The number of hydrogen-bond acceptors (Lipinski definition) is 6. The molecule has 2 aliphatic heterocycles. The molecule has 31 heavy (non-hydrogen) atoms. The van der Waals surface area contributed by atoms with Crippen LogP contribution in [-0.2, 0) is 21.4 Å². The molecule has 1 N–H and O–H groups in total. The van der Waals surface area contributed by atoms with Crippen LogP contribution in [0, 0.1) is 19.8 Å². The number of nitrogens with one attached hydrogen (secondary N) is 1. The van der Waals surface area contributed by atoms with E-state index >= 15 is 0 Å². The summed E-state index contributed by atoms with van der Waals surface area (Å²) in [5, 5.41) is 6.95. The zero-order valence-corrected chi connectivity index (χ0v) is 18.9. The predicted octanol–water partition coefficient (Wildman–Crippen LogP) is 2.08. The van der Waals surface area contributed by atoms with Gasteiger partial charge in [-0.25, -0.2) is 8.42 Å². The van der Waals surface area contributed by atoms with Crippen LogP contribution in [0.1, 0.15) is 36.3 Å². The van der Waals surface area contributed by atoms with E-state index in [-0.39, 0.29) is 22.8 Å². The van der Waals surface area contributed by atoms with Crippen LogP contribution in [0.3, 0.4) is 0 Å². The van der Waals surface area contributed by atoms with E-state index in [2.05, 4.69) is 27.5 Å². The molecule has 1 aromatic carbocycles. The largest absolute Gasteiger partial charge is 0.360 e. The van der Waals surface area contributed by atoms with Crippen molar-refractivity contribution < 1.29 is 17.7 Å². The maximum atomic E-state index is 13.0. The van der Waals surface area contributed by atoms with Crippen LogP contribution in [0.25, 0.3) is 0 Å². The Labute approximate surface area is 183 Å². The van der Waals surface area contributed by atoms with E-state index in [0.717, 1.165) is 26.1 Å². The van der Waals surface area contributed by atoms with Gasteiger partial charge in [0.2, 0.25) is 15.9 Å². The minimum atomic E-state index is -3.65. The Hall–Kier alpha value is -2.23. The third kappa shape index (κ3) is 4.83. The van der Waals surface area contributed by atoms with Crippen molar-refractivity contribution >= 4 is 15.9 Å². The molecule has 0 unspecified atom stereocenters. The molecule has 3 heterocycles. The fourth-order valence-corrected chi connectivity index (χ4v) is 6.35. The first-order valence-corrected chi connectivity index (χ1v) is 12.3. The molecule has 8 nitrogen and oxygen atoms in total. The van der Waals surface area contributed by atoms with Crippen LogP contribution in [-0.4, -0.2) is 60.9 Å². The third-order valence-corrected chi connectivity index (χ3v) is 8.40. The van der Waals surface area contributed by atoms with Crippen molar-refractivity contribution in [3.63, 3.8) is 0 Å². The molecule has 0 saturated carbocycles. The monoisotopic (exact) mass is 446 g/mol. The van der Waals surface area contributed by atoms with Gasteiger partial charge in [0, 0.05) is 44.7 Å². The number of benzene rings is 1. The van der Waals surface area contributed by atoms with Gasteiger partial charge < -0.3 is 9.84 Å². The fourth-order valence-electron chi connectivity index (χ4n) is 4.59. The van der Waals surface area contributed by atoms with Crippen molar-refractivity contribution in [1.29, 1.82) is 0 Å². The van der Waals surface area contributed by atoms with E-state index in [0.29, 0.717) is 37.4 Å². The van der Waals surface area contributed by atoms with Crippen molar-refractivity contribution in [2.75, 3.05) is 26.2 Å². The fraction of sp³-hybridized carbons (Fsp3) is 0.545. The molecule has 2 aromatic rings. The zero-order valence-electron chi connectivity index (χ0n) is 18.1. The van der Waals surface area contributed by atoms with Gasteiger partial charge >= 0.3 is 0 Å². The average Bonchev–Trinajstić information content (AvgIpc) is 3.34. The molecule has 1 amide bonds. The molecule has 0 radical (unpaired) electrons. The number of hydrogen-bond donors (Lipinski definition) is 1. The molecule has 1 atom stereocenters. The number of carbonyl (C=O) groups excluding carboxylic acids is 1. The van der Waals surface area contributed by atoms with Gasteiger partial charge in [-0.1, -0.05) is 35.5 Å². The van der Waals surface area contributed by atoms with E-state index in [1.54, 1.807) is 13.8 Å². The second-order valence-electron chi connectivity index (χ2n) is 8.55.